The van der Waals surface area contributed by atoms with E-state index in [2.05, 4.69) is 0 Å². The third kappa shape index (κ3) is 3.62. The van der Waals surface area contributed by atoms with Crippen molar-refractivity contribution in [3.63, 3.8) is 0 Å². The largest absolute Gasteiger partial charge is 0.456 e. The first-order valence-electron chi connectivity index (χ1n) is 5.20. The van der Waals surface area contributed by atoms with Gasteiger partial charge in [-0.2, -0.15) is 5.26 Å². The first kappa shape index (κ1) is 12.7. The second kappa shape index (κ2) is 6.29. The molecule has 1 rings (SSSR count). The minimum Gasteiger partial charge on any atom is -0.456 e. The second-order valence-electron chi connectivity index (χ2n) is 3.32. The van der Waals surface area contributed by atoms with E-state index < -0.39 is 0 Å². The Morgan fingerprint density at radius 3 is 2.47 bits per heavy atom. The molecule has 0 spiro atoms. The number of ether oxygens (including phenoxy) is 1. The van der Waals surface area contributed by atoms with Gasteiger partial charge < -0.3 is 4.74 Å². The molecule has 3 heteroatoms. The predicted octanol–water partition coefficient (Wildman–Crippen LogP) is 3.01. The van der Waals surface area contributed by atoms with Gasteiger partial charge in [-0.25, -0.2) is 0 Å². The van der Waals surface area contributed by atoms with Crippen molar-refractivity contribution in [2.75, 3.05) is 0 Å². The maximum absolute atomic E-state index is 11.3. The molecule has 0 amide bonds. The quantitative estimate of drug-likeness (QED) is 0.344. The third-order valence-electron chi connectivity index (χ3n) is 2.00. The van der Waals surface area contributed by atoms with E-state index in [9.17, 15) is 4.79 Å². The van der Waals surface area contributed by atoms with Crippen LogP contribution in [0.2, 0.25) is 0 Å². The molecule has 86 valence electrons. The minimum absolute atomic E-state index is 0.0203. The highest BCUT2D eigenvalue weighted by molar-refractivity contribution is 5.98. The zero-order valence-electron chi connectivity index (χ0n) is 9.81. The van der Waals surface area contributed by atoms with Gasteiger partial charge in [0.1, 0.15) is 23.2 Å². The molecule has 0 aliphatic carbocycles. The Kier molecular flexibility index (Phi) is 4.71. The van der Waals surface area contributed by atoms with Crippen LogP contribution in [0, 0.1) is 11.3 Å². The lowest BCUT2D eigenvalue weighted by atomic mass is 10.1. The molecule has 0 unspecified atom stereocenters. The maximum Gasteiger partial charge on any atom is 0.174 e. The van der Waals surface area contributed by atoms with E-state index in [1.807, 2.05) is 24.3 Å². The molecular weight excluding hydrogens is 214 g/mol. The van der Waals surface area contributed by atoms with Gasteiger partial charge >= 0.3 is 0 Å². The van der Waals surface area contributed by atoms with Crippen molar-refractivity contribution in [2.45, 2.75) is 13.8 Å². The molecule has 0 atom stereocenters. The number of hydrogen-bond acceptors (Lipinski definition) is 3. The van der Waals surface area contributed by atoms with Crippen molar-refractivity contribution in [2.24, 2.45) is 0 Å². The molecular formula is C14H13NO2. The molecule has 0 bridgehead atoms. The molecule has 0 saturated carbocycles. The van der Waals surface area contributed by atoms with Crippen molar-refractivity contribution < 1.29 is 9.53 Å². The van der Waals surface area contributed by atoms with Gasteiger partial charge in [0.25, 0.3) is 0 Å². The van der Waals surface area contributed by atoms with E-state index in [1.54, 1.807) is 31.2 Å². The molecule has 0 aromatic heterocycles. The third-order valence-corrected chi connectivity index (χ3v) is 2.00. The number of ketones is 1. The molecule has 3 nitrogen and oxygen atoms in total. The zero-order chi connectivity index (χ0) is 12.7. The predicted molar refractivity (Wildman–Crippen MR) is 65.2 cm³/mol. The number of hydrogen-bond donors (Lipinski definition) is 0. The van der Waals surface area contributed by atoms with Gasteiger partial charge in [-0.15, -0.1) is 0 Å². The molecule has 0 aliphatic rings. The lowest BCUT2D eigenvalue weighted by Crippen LogP contribution is -2.03. The number of benzene rings is 1. The van der Waals surface area contributed by atoms with Crippen LogP contribution in [0.1, 0.15) is 13.8 Å². The fourth-order valence-corrected chi connectivity index (χ4v) is 1.24. The maximum atomic E-state index is 11.3. The molecule has 0 saturated heterocycles. The summed E-state index contributed by atoms with van der Waals surface area (Å²) in [6.07, 6.45) is 3.32. The molecule has 0 fully saturated rings. The lowest BCUT2D eigenvalue weighted by molar-refractivity contribution is -0.113. The van der Waals surface area contributed by atoms with Crippen LogP contribution in [0.5, 0.6) is 5.75 Å². The normalized spacial score (nSPS) is 11.8. The number of nitrogens with zero attached hydrogens (tertiary/aromatic N) is 1. The summed E-state index contributed by atoms with van der Waals surface area (Å²) < 4.78 is 5.52. The Hall–Kier alpha value is -2.34. The highest BCUT2D eigenvalue weighted by Crippen LogP contribution is 2.16. The first-order chi connectivity index (χ1) is 8.19. The van der Waals surface area contributed by atoms with Crippen LogP contribution in [-0.4, -0.2) is 5.78 Å². The number of carbonyl (C=O) groups excluding carboxylic acids is 1. The van der Waals surface area contributed by atoms with Crippen LogP contribution < -0.4 is 4.74 Å². The van der Waals surface area contributed by atoms with Gasteiger partial charge in [-0.05, 0) is 25.1 Å². The molecule has 17 heavy (non-hydrogen) atoms. The van der Waals surface area contributed by atoms with Crippen molar-refractivity contribution >= 4 is 5.78 Å². The van der Waals surface area contributed by atoms with Crippen molar-refractivity contribution in [1.82, 2.24) is 0 Å². The van der Waals surface area contributed by atoms with E-state index in [0.29, 0.717) is 5.75 Å². The van der Waals surface area contributed by atoms with Crippen LogP contribution in [0.4, 0.5) is 0 Å². The van der Waals surface area contributed by atoms with Crippen LogP contribution in [-0.2, 0) is 4.79 Å². The van der Waals surface area contributed by atoms with Gasteiger partial charge in [0, 0.05) is 6.92 Å². The molecule has 0 radical (unpaired) electrons. The zero-order valence-corrected chi connectivity index (χ0v) is 9.81. The number of allylic oxidation sites excluding steroid dienone is 3. The molecule has 1 aromatic rings. The number of carbonyl (C=O) groups is 1. The Morgan fingerprint density at radius 1 is 1.35 bits per heavy atom. The van der Waals surface area contributed by atoms with Gasteiger partial charge in [-0.1, -0.05) is 24.3 Å². The summed E-state index contributed by atoms with van der Waals surface area (Å²) in [4.78, 5) is 11.3. The second-order valence-corrected chi connectivity index (χ2v) is 3.32. The average molecular weight is 227 g/mol. The minimum atomic E-state index is -0.309. The highest BCUT2D eigenvalue weighted by atomic mass is 16.5. The van der Waals surface area contributed by atoms with Gasteiger partial charge in [-0.3, -0.25) is 4.79 Å². The fraction of sp³-hybridized carbons (Fsp3) is 0.143. The Balaban J connectivity index is 3.11. The van der Waals surface area contributed by atoms with Gasteiger partial charge in [0.2, 0.25) is 0 Å². The van der Waals surface area contributed by atoms with Crippen LogP contribution in [0.15, 0.2) is 53.8 Å². The summed E-state index contributed by atoms with van der Waals surface area (Å²) in [5, 5.41) is 8.93. The summed E-state index contributed by atoms with van der Waals surface area (Å²) in [6.45, 7) is 3.14. The smallest absolute Gasteiger partial charge is 0.174 e. The number of nitriles is 1. The van der Waals surface area contributed by atoms with Crippen LogP contribution in [0.25, 0.3) is 0 Å². The number of Topliss-reactive ketones (excluding diaryl/α,β-unsaturated/α-hetero) is 1. The summed E-state index contributed by atoms with van der Waals surface area (Å²) in [6, 6.07) is 10.9. The molecule has 0 N–H and O–H groups in total. The Bertz CT molecular complexity index is 493. The SMILES string of the molecule is C/C=C\C(Oc1ccccc1)=C(\C#N)C(C)=O. The Labute approximate surface area is 101 Å². The van der Waals surface area contributed by atoms with Crippen LogP contribution >= 0.6 is 0 Å². The monoisotopic (exact) mass is 227 g/mol. The van der Waals surface area contributed by atoms with E-state index in [4.69, 9.17) is 10.00 Å². The number of para-hydroxylation sites is 1. The van der Waals surface area contributed by atoms with E-state index >= 15 is 0 Å². The van der Waals surface area contributed by atoms with Crippen molar-refractivity contribution in [3.05, 3.63) is 53.8 Å². The summed E-state index contributed by atoms with van der Waals surface area (Å²) in [5.74, 6) is 0.555. The van der Waals surface area contributed by atoms with E-state index in [-0.39, 0.29) is 17.1 Å². The van der Waals surface area contributed by atoms with Gasteiger partial charge in [0.05, 0.1) is 0 Å². The van der Waals surface area contributed by atoms with Crippen molar-refractivity contribution in [1.29, 1.82) is 5.26 Å². The summed E-state index contributed by atoms with van der Waals surface area (Å²) in [5.41, 5.74) is 0.0203. The van der Waals surface area contributed by atoms with Gasteiger partial charge in [0.15, 0.2) is 5.78 Å². The standard InChI is InChI=1S/C14H13NO2/c1-3-7-14(13(10-15)11(2)16)17-12-8-5-4-6-9-12/h3-9H,1-2H3/b7-3-,14-13+. The summed E-state index contributed by atoms with van der Waals surface area (Å²) >= 11 is 0. The average Bonchev–Trinajstić information content (AvgIpc) is 2.31. The molecule has 1 aromatic carbocycles. The molecule has 0 aliphatic heterocycles. The fourth-order valence-electron chi connectivity index (χ4n) is 1.24. The highest BCUT2D eigenvalue weighted by Gasteiger charge is 2.11. The van der Waals surface area contributed by atoms with E-state index in [0.717, 1.165) is 0 Å². The van der Waals surface area contributed by atoms with Crippen molar-refractivity contribution in [3.8, 4) is 11.8 Å². The Morgan fingerprint density at radius 2 is 2.00 bits per heavy atom. The van der Waals surface area contributed by atoms with E-state index in [1.165, 1.54) is 6.92 Å². The first-order valence-corrected chi connectivity index (χ1v) is 5.20. The number of rotatable bonds is 4. The topological polar surface area (TPSA) is 50.1 Å². The van der Waals surface area contributed by atoms with Crippen LogP contribution in [0.3, 0.4) is 0 Å². The summed E-state index contributed by atoms with van der Waals surface area (Å²) in [7, 11) is 0. The molecule has 0 heterocycles. The lowest BCUT2D eigenvalue weighted by Gasteiger charge is -2.07.